The third kappa shape index (κ3) is 5.61. The lowest BCUT2D eigenvalue weighted by atomic mass is 10.0. The maximum Gasteiger partial charge on any atom is 0.321 e. The topological polar surface area (TPSA) is 70.6 Å². The second-order valence-electron chi connectivity index (χ2n) is 8.31. The minimum Gasteiger partial charge on any atom is -0.497 e. The summed E-state index contributed by atoms with van der Waals surface area (Å²) in [5, 5.41) is 3.00. The van der Waals surface area contributed by atoms with E-state index in [9.17, 15) is 4.79 Å². The first-order valence-electron chi connectivity index (χ1n) is 11.4. The number of amides is 2. The number of nitrogens with zero attached hydrogens (tertiary/aromatic N) is 4. The molecule has 2 amide bonds. The molecule has 1 saturated heterocycles. The van der Waals surface area contributed by atoms with Crippen LogP contribution in [0.2, 0.25) is 0 Å². The zero-order valence-electron chi connectivity index (χ0n) is 19.5. The van der Waals surface area contributed by atoms with Gasteiger partial charge in [-0.25, -0.2) is 14.8 Å². The van der Waals surface area contributed by atoms with Crippen LogP contribution in [0.3, 0.4) is 0 Å². The molecule has 1 aromatic heterocycles. The molecule has 0 unspecified atom stereocenters. The molecule has 3 aromatic rings. The van der Waals surface area contributed by atoms with E-state index in [-0.39, 0.29) is 6.03 Å². The van der Waals surface area contributed by atoms with Gasteiger partial charge in [0.2, 0.25) is 0 Å². The van der Waals surface area contributed by atoms with E-state index in [1.54, 1.807) is 7.11 Å². The molecule has 33 heavy (non-hydrogen) atoms. The zero-order valence-corrected chi connectivity index (χ0v) is 19.5. The molecule has 172 valence electrons. The second kappa shape index (κ2) is 10.3. The molecule has 0 spiro atoms. The first-order chi connectivity index (χ1) is 16.0. The summed E-state index contributed by atoms with van der Waals surface area (Å²) < 4.78 is 5.29. The quantitative estimate of drug-likeness (QED) is 0.629. The molecule has 0 atom stereocenters. The molecule has 7 heteroatoms. The summed E-state index contributed by atoms with van der Waals surface area (Å²) in [4.78, 5) is 26.5. The number of urea groups is 1. The zero-order chi connectivity index (χ0) is 23.2. The molecular weight excluding hydrogens is 414 g/mol. The maximum absolute atomic E-state index is 12.8. The number of ether oxygens (including phenoxy) is 1. The van der Waals surface area contributed by atoms with Gasteiger partial charge in [0, 0.05) is 49.5 Å². The number of methoxy groups -OCH3 is 1. The number of nitrogens with one attached hydrogen (secondary N) is 1. The number of para-hydroxylation sites is 1. The number of benzene rings is 2. The van der Waals surface area contributed by atoms with Gasteiger partial charge in [-0.15, -0.1) is 0 Å². The highest BCUT2D eigenvalue weighted by molar-refractivity contribution is 5.89. The summed E-state index contributed by atoms with van der Waals surface area (Å²) in [5.74, 6) is 2.59. The minimum absolute atomic E-state index is 0.0587. The van der Waals surface area contributed by atoms with Crippen molar-refractivity contribution in [2.24, 2.45) is 0 Å². The number of hydrogen-bond donors (Lipinski definition) is 1. The SMILES string of the molecule is COc1ccc(Cc2c(C)nc(C)nc2N2CCCN(C(=O)Nc3ccccc3)CC2)cc1. The van der Waals surface area contributed by atoms with Crippen molar-refractivity contribution in [2.45, 2.75) is 26.7 Å². The molecule has 0 radical (unpaired) electrons. The van der Waals surface area contributed by atoms with E-state index < -0.39 is 0 Å². The Bertz CT molecular complexity index is 1090. The molecule has 1 aliphatic heterocycles. The number of aromatic nitrogens is 2. The summed E-state index contributed by atoms with van der Waals surface area (Å²) in [6, 6.07) is 17.7. The van der Waals surface area contributed by atoms with Gasteiger partial charge in [0.15, 0.2) is 0 Å². The van der Waals surface area contributed by atoms with Crippen LogP contribution >= 0.6 is 0 Å². The van der Waals surface area contributed by atoms with Gasteiger partial charge in [-0.1, -0.05) is 30.3 Å². The van der Waals surface area contributed by atoms with Crippen molar-refractivity contribution < 1.29 is 9.53 Å². The van der Waals surface area contributed by atoms with E-state index in [4.69, 9.17) is 9.72 Å². The lowest BCUT2D eigenvalue weighted by Crippen LogP contribution is -2.38. The first-order valence-corrected chi connectivity index (χ1v) is 11.4. The summed E-state index contributed by atoms with van der Waals surface area (Å²) in [6.07, 6.45) is 1.63. The lowest BCUT2D eigenvalue weighted by Gasteiger charge is -2.26. The van der Waals surface area contributed by atoms with Crippen molar-refractivity contribution in [3.05, 3.63) is 77.2 Å². The van der Waals surface area contributed by atoms with Gasteiger partial charge in [0.05, 0.1) is 7.11 Å². The van der Waals surface area contributed by atoms with Crippen LogP contribution < -0.4 is 15.0 Å². The van der Waals surface area contributed by atoms with Gasteiger partial charge in [-0.2, -0.15) is 0 Å². The third-order valence-electron chi connectivity index (χ3n) is 5.95. The van der Waals surface area contributed by atoms with Crippen molar-refractivity contribution in [3.8, 4) is 5.75 Å². The van der Waals surface area contributed by atoms with Crippen LogP contribution in [0.4, 0.5) is 16.3 Å². The van der Waals surface area contributed by atoms with E-state index in [2.05, 4.69) is 34.3 Å². The van der Waals surface area contributed by atoms with Crippen molar-refractivity contribution in [1.29, 1.82) is 0 Å². The van der Waals surface area contributed by atoms with E-state index in [0.29, 0.717) is 13.1 Å². The smallest absolute Gasteiger partial charge is 0.321 e. The molecule has 1 fully saturated rings. The molecule has 0 aliphatic carbocycles. The average molecular weight is 446 g/mol. The Labute approximate surface area is 195 Å². The summed E-state index contributed by atoms with van der Waals surface area (Å²) in [5.41, 5.74) is 4.13. The number of carbonyl (C=O) groups excluding carboxylic acids is 1. The fraction of sp³-hybridized carbons (Fsp3) is 0.346. The van der Waals surface area contributed by atoms with Gasteiger partial charge in [-0.3, -0.25) is 0 Å². The summed E-state index contributed by atoms with van der Waals surface area (Å²) >= 11 is 0. The highest BCUT2D eigenvalue weighted by Crippen LogP contribution is 2.26. The van der Waals surface area contributed by atoms with Crippen molar-refractivity contribution in [1.82, 2.24) is 14.9 Å². The van der Waals surface area contributed by atoms with Gasteiger partial charge in [0.25, 0.3) is 0 Å². The molecule has 4 rings (SSSR count). The van der Waals surface area contributed by atoms with Crippen molar-refractivity contribution in [3.63, 3.8) is 0 Å². The van der Waals surface area contributed by atoms with Crippen LogP contribution in [0.25, 0.3) is 0 Å². The third-order valence-corrected chi connectivity index (χ3v) is 5.95. The number of carbonyl (C=O) groups is 1. The van der Waals surface area contributed by atoms with E-state index in [1.165, 1.54) is 5.56 Å². The minimum atomic E-state index is -0.0587. The van der Waals surface area contributed by atoms with Crippen LogP contribution in [0.1, 0.15) is 29.1 Å². The maximum atomic E-state index is 12.8. The molecule has 2 heterocycles. The fourth-order valence-electron chi connectivity index (χ4n) is 4.19. The fourth-order valence-corrected chi connectivity index (χ4v) is 4.19. The molecule has 0 bridgehead atoms. The Hall–Kier alpha value is -3.61. The largest absolute Gasteiger partial charge is 0.497 e. The van der Waals surface area contributed by atoms with E-state index in [0.717, 1.165) is 60.3 Å². The van der Waals surface area contributed by atoms with E-state index >= 15 is 0 Å². The highest BCUT2D eigenvalue weighted by Gasteiger charge is 2.23. The van der Waals surface area contributed by atoms with Crippen LogP contribution in [-0.4, -0.2) is 54.2 Å². The number of rotatable bonds is 5. The van der Waals surface area contributed by atoms with Crippen LogP contribution in [0.15, 0.2) is 54.6 Å². The van der Waals surface area contributed by atoms with Crippen molar-refractivity contribution >= 4 is 17.5 Å². The second-order valence-corrected chi connectivity index (χ2v) is 8.31. The monoisotopic (exact) mass is 445 g/mol. The molecule has 1 aliphatic rings. The van der Waals surface area contributed by atoms with Crippen molar-refractivity contribution in [2.75, 3.05) is 43.5 Å². The summed E-state index contributed by atoms with van der Waals surface area (Å²) in [7, 11) is 1.67. The molecule has 0 saturated carbocycles. The average Bonchev–Trinajstić information content (AvgIpc) is 3.08. The molecule has 2 aromatic carbocycles. The van der Waals surface area contributed by atoms with Gasteiger partial charge in [0.1, 0.15) is 17.4 Å². The van der Waals surface area contributed by atoms with E-state index in [1.807, 2.05) is 54.3 Å². The number of aryl methyl sites for hydroxylation is 2. The molecule has 1 N–H and O–H groups in total. The standard InChI is InChI=1S/C26H31N5O2/c1-19-24(18-21-10-12-23(33-3)13-11-21)25(28-20(2)27-19)30-14-7-15-31(17-16-30)26(32)29-22-8-5-4-6-9-22/h4-6,8-13H,7,14-18H2,1-3H3,(H,29,32). The Morgan fingerprint density at radius 3 is 2.45 bits per heavy atom. The first kappa shape index (κ1) is 22.6. The molecule has 7 nitrogen and oxygen atoms in total. The summed E-state index contributed by atoms with van der Waals surface area (Å²) in [6.45, 7) is 6.92. The Kier molecular flexibility index (Phi) is 7.07. The normalized spacial score (nSPS) is 14.0. The van der Waals surface area contributed by atoms with Crippen LogP contribution in [-0.2, 0) is 6.42 Å². The Balaban J connectivity index is 1.50. The van der Waals surface area contributed by atoms with Crippen LogP contribution in [0, 0.1) is 13.8 Å². The van der Waals surface area contributed by atoms with Gasteiger partial charge in [-0.05, 0) is 50.1 Å². The molecular formula is C26H31N5O2. The Morgan fingerprint density at radius 2 is 1.73 bits per heavy atom. The lowest BCUT2D eigenvalue weighted by molar-refractivity contribution is 0.215. The number of anilines is 2. The highest BCUT2D eigenvalue weighted by atomic mass is 16.5. The Morgan fingerprint density at radius 1 is 0.970 bits per heavy atom. The van der Waals surface area contributed by atoms with Gasteiger partial charge < -0.3 is 19.9 Å². The van der Waals surface area contributed by atoms with Gasteiger partial charge >= 0.3 is 6.03 Å². The van der Waals surface area contributed by atoms with Crippen LogP contribution in [0.5, 0.6) is 5.75 Å². The predicted molar refractivity (Wildman–Crippen MR) is 131 cm³/mol. The predicted octanol–water partition coefficient (Wildman–Crippen LogP) is 4.44. The number of hydrogen-bond acceptors (Lipinski definition) is 5.